The molecule has 130 valence electrons. The van der Waals surface area contributed by atoms with Crippen molar-refractivity contribution in [3.8, 4) is 17.6 Å². The van der Waals surface area contributed by atoms with E-state index < -0.39 is 0 Å². The van der Waals surface area contributed by atoms with Crippen LogP contribution in [0.1, 0.15) is 25.8 Å². The second kappa shape index (κ2) is 10.2. The molecule has 1 aromatic rings. The first kappa shape index (κ1) is 19.4. The van der Waals surface area contributed by atoms with Crippen molar-refractivity contribution in [3.05, 3.63) is 35.5 Å². The molecule has 0 aromatic heterocycles. The van der Waals surface area contributed by atoms with Crippen LogP contribution in [0.4, 0.5) is 0 Å². The van der Waals surface area contributed by atoms with Crippen molar-refractivity contribution in [1.82, 2.24) is 10.6 Å². The van der Waals surface area contributed by atoms with Gasteiger partial charge < -0.3 is 20.1 Å². The third-order valence-electron chi connectivity index (χ3n) is 3.64. The number of methoxy groups -OCH3 is 2. The Morgan fingerprint density at radius 1 is 1.33 bits per heavy atom. The number of nitrogens with zero attached hydrogens (tertiary/aromatic N) is 1. The van der Waals surface area contributed by atoms with Crippen LogP contribution < -0.4 is 20.1 Å². The van der Waals surface area contributed by atoms with Crippen LogP contribution in [0.3, 0.4) is 0 Å². The van der Waals surface area contributed by atoms with Crippen molar-refractivity contribution in [1.29, 1.82) is 5.26 Å². The summed E-state index contributed by atoms with van der Waals surface area (Å²) in [7, 11) is 3.17. The van der Waals surface area contributed by atoms with E-state index in [9.17, 15) is 4.79 Å². The highest BCUT2D eigenvalue weighted by atomic mass is 16.5. The lowest BCUT2D eigenvalue weighted by molar-refractivity contribution is -0.117. The maximum Gasteiger partial charge on any atom is 0.263 e. The Hall–Kier alpha value is -2.68. The molecular weight excluding hydrogens is 306 g/mol. The Bertz CT molecular complexity index is 620. The van der Waals surface area contributed by atoms with Crippen LogP contribution in [-0.4, -0.2) is 32.7 Å². The lowest BCUT2D eigenvalue weighted by Crippen LogP contribution is -2.28. The fourth-order valence-electron chi connectivity index (χ4n) is 1.94. The van der Waals surface area contributed by atoms with E-state index in [1.54, 1.807) is 14.2 Å². The minimum atomic E-state index is -0.381. The van der Waals surface area contributed by atoms with Crippen LogP contribution in [0.5, 0.6) is 11.5 Å². The molecule has 0 radical (unpaired) electrons. The maximum atomic E-state index is 12.0. The second-order valence-electron chi connectivity index (χ2n) is 5.34. The number of amides is 1. The van der Waals surface area contributed by atoms with E-state index in [1.165, 1.54) is 6.20 Å². The van der Waals surface area contributed by atoms with Crippen molar-refractivity contribution < 1.29 is 14.3 Å². The molecule has 0 saturated heterocycles. The van der Waals surface area contributed by atoms with E-state index in [2.05, 4.69) is 10.6 Å². The molecule has 1 atom stereocenters. The molecule has 0 bridgehead atoms. The largest absolute Gasteiger partial charge is 0.493 e. The van der Waals surface area contributed by atoms with E-state index in [0.717, 1.165) is 12.0 Å². The first-order valence-electron chi connectivity index (χ1n) is 7.91. The van der Waals surface area contributed by atoms with Crippen LogP contribution in [0, 0.1) is 11.3 Å². The summed E-state index contributed by atoms with van der Waals surface area (Å²) in [4.78, 5) is 12.0. The van der Waals surface area contributed by atoms with Gasteiger partial charge >= 0.3 is 0 Å². The van der Waals surface area contributed by atoms with Crippen molar-refractivity contribution in [2.24, 2.45) is 0 Å². The van der Waals surface area contributed by atoms with Gasteiger partial charge in [-0.25, -0.2) is 0 Å². The maximum absolute atomic E-state index is 12.0. The Balaban J connectivity index is 2.57. The highest BCUT2D eigenvalue weighted by Gasteiger charge is 2.09. The molecular formula is C18H25N3O3. The topological polar surface area (TPSA) is 83.4 Å². The molecule has 0 heterocycles. The third kappa shape index (κ3) is 5.84. The molecule has 0 spiro atoms. The molecule has 0 fully saturated rings. The molecule has 1 unspecified atom stereocenters. The number of hydrogen-bond acceptors (Lipinski definition) is 5. The molecule has 1 amide bonds. The number of hydrogen-bond donors (Lipinski definition) is 2. The molecule has 0 aliphatic carbocycles. The summed E-state index contributed by atoms with van der Waals surface area (Å²) >= 11 is 0. The number of nitrogens with one attached hydrogen (secondary N) is 2. The van der Waals surface area contributed by atoms with Crippen molar-refractivity contribution in [3.63, 3.8) is 0 Å². The highest BCUT2D eigenvalue weighted by molar-refractivity contribution is 5.97. The van der Waals surface area contributed by atoms with Crippen molar-refractivity contribution in [2.75, 3.05) is 20.8 Å². The zero-order valence-electron chi connectivity index (χ0n) is 14.7. The van der Waals surface area contributed by atoms with Crippen molar-refractivity contribution in [2.45, 2.75) is 32.7 Å². The zero-order valence-corrected chi connectivity index (χ0v) is 14.7. The fraction of sp³-hybridized carbons (Fsp3) is 0.444. The third-order valence-corrected chi connectivity index (χ3v) is 3.64. The van der Waals surface area contributed by atoms with E-state index >= 15 is 0 Å². The number of rotatable bonds is 9. The molecule has 0 aliphatic heterocycles. The van der Waals surface area contributed by atoms with Gasteiger partial charge in [0.1, 0.15) is 11.6 Å². The highest BCUT2D eigenvalue weighted by Crippen LogP contribution is 2.27. The summed E-state index contributed by atoms with van der Waals surface area (Å²) in [6.45, 7) is 4.44. The van der Waals surface area contributed by atoms with Gasteiger partial charge in [0.2, 0.25) is 0 Å². The van der Waals surface area contributed by atoms with Gasteiger partial charge in [-0.1, -0.05) is 13.0 Å². The molecule has 0 aliphatic rings. The second-order valence-corrected chi connectivity index (χ2v) is 5.34. The fourth-order valence-corrected chi connectivity index (χ4v) is 1.94. The quantitative estimate of drug-likeness (QED) is 0.535. The van der Waals surface area contributed by atoms with Gasteiger partial charge in [0.25, 0.3) is 5.91 Å². The van der Waals surface area contributed by atoms with E-state index in [4.69, 9.17) is 14.7 Å². The van der Waals surface area contributed by atoms with Gasteiger partial charge in [-0.2, -0.15) is 5.26 Å². The molecule has 1 rings (SSSR count). The number of carbonyl (C=O) groups excluding carboxylic acids is 1. The Morgan fingerprint density at radius 2 is 2.04 bits per heavy atom. The van der Waals surface area contributed by atoms with Crippen molar-refractivity contribution >= 4 is 5.91 Å². The summed E-state index contributed by atoms with van der Waals surface area (Å²) in [5.41, 5.74) is 1.08. The molecule has 24 heavy (non-hydrogen) atoms. The standard InChI is InChI=1S/C18H25N3O3/c1-5-13(2)21-12-15(11-19)18(22)20-9-8-14-6-7-16(23-3)17(10-14)24-4/h6-7,10,12-13,21H,5,8-9H2,1-4H3,(H,20,22)/b15-12-. The van der Waals surface area contributed by atoms with Crippen LogP contribution in [0.2, 0.25) is 0 Å². The number of nitriles is 1. The average Bonchev–Trinajstić information content (AvgIpc) is 2.61. The first-order chi connectivity index (χ1) is 11.5. The lowest BCUT2D eigenvalue weighted by atomic mass is 10.1. The monoisotopic (exact) mass is 331 g/mol. The van der Waals surface area contributed by atoms with Gasteiger partial charge in [0, 0.05) is 18.8 Å². The minimum absolute atomic E-state index is 0.0719. The Morgan fingerprint density at radius 3 is 2.62 bits per heavy atom. The van der Waals surface area contributed by atoms with Gasteiger partial charge in [0.15, 0.2) is 11.5 Å². The van der Waals surface area contributed by atoms with E-state index in [0.29, 0.717) is 24.5 Å². The smallest absolute Gasteiger partial charge is 0.263 e. The Kier molecular flexibility index (Phi) is 8.20. The van der Waals surface area contributed by atoms with Crippen LogP contribution in [-0.2, 0) is 11.2 Å². The lowest BCUT2D eigenvalue weighted by Gasteiger charge is -2.11. The molecule has 1 aromatic carbocycles. The minimum Gasteiger partial charge on any atom is -0.493 e. The predicted octanol–water partition coefficient (Wildman–Crippen LogP) is 2.16. The first-order valence-corrected chi connectivity index (χ1v) is 7.91. The summed E-state index contributed by atoms with van der Waals surface area (Å²) < 4.78 is 10.4. The SMILES string of the molecule is CCC(C)N/C=C(/C#N)C(=O)NCCc1ccc(OC)c(OC)c1. The normalized spacial score (nSPS) is 12.0. The molecule has 6 heteroatoms. The van der Waals surface area contributed by atoms with Crippen LogP contribution >= 0.6 is 0 Å². The molecule has 0 saturated carbocycles. The predicted molar refractivity (Wildman–Crippen MR) is 92.8 cm³/mol. The van der Waals surface area contributed by atoms with Crippen LogP contribution in [0.15, 0.2) is 30.0 Å². The zero-order chi connectivity index (χ0) is 17.9. The number of ether oxygens (including phenoxy) is 2. The van der Waals surface area contributed by atoms with Gasteiger partial charge in [-0.15, -0.1) is 0 Å². The Labute approximate surface area is 143 Å². The van der Waals surface area contributed by atoms with E-state index in [1.807, 2.05) is 38.1 Å². The summed E-state index contributed by atoms with van der Waals surface area (Å²) in [6.07, 6.45) is 3.01. The number of benzene rings is 1. The summed E-state index contributed by atoms with van der Waals surface area (Å²) in [5.74, 6) is 0.932. The van der Waals surface area contributed by atoms with Gasteiger partial charge in [-0.05, 0) is 37.5 Å². The van der Waals surface area contributed by atoms with Crippen LogP contribution in [0.25, 0.3) is 0 Å². The molecule has 6 nitrogen and oxygen atoms in total. The summed E-state index contributed by atoms with van der Waals surface area (Å²) in [5, 5.41) is 14.8. The molecule has 2 N–H and O–H groups in total. The average molecular weight is 331 g/mol. The van der Waals surface area contributed by atoms with Gasteiger partial charge in [0.05, 0.1) is 14.2 Å². The van der Waals surface area contributed by atoms with E-state index in [-0.39, 0.29) is 17.5 Å². The summed E-state index contributed by atoms with van der Waals surface area (Å²) in [6, 6.07) is 7.74. The van der Waals surface area contributed by atoms with Gasteiger partial charge in [-0.3, -0.25) is 4.79 Å². The number of carbonyl (C=O) groups is 1.